The molecule has 2 saturated carbocycles. The van der Waals surface area contributed by atoms with Gasteiger partial charge in [0.25, 0.3) is 5.91 Å². The van der Waals surface area contributed by atoms with Crippen LogP contribution in [-0.4, -0.2) is 77.6 Å². The number of hydrogen-bond donors (Lipinski definition) is 3. The van der Waals surface area contributed by atoms with Crippen molar-refractivity contribution in [2.45, 2.75) is 102 Å². The monoisotopic (exact) mass is 749 g/mol. The number of rotatable bonds is 10. The van der Waals surface area contributed by atoms with Gasteiger partial charge in [0.05, 0.1) is 18.3 Å². The van der Waals surface area contributed by atoms with E-state index in [1.165, 1.54) is 15.9 Å². The van der Waals surface area contributed by atoms with Crippen molar-refractivity contribution in [1.82, 2.24) is 19.8 Å². The van der Waals surface area contributed by atoms with Gasteiger partial charge in [0, 0.05) is 29.7 Å². The highest BCUT2D eigenvalue weighted by Crippen LogP contribution is 2.47. The number of fused-ring (bicyclic) bond motifs is 1. The Morgan fingerprint density at radius 1 is 1.08 bits per heavy atom. The van der Waals surface area contributed by atoms with E-state index in [9.17, 15) is 36.4 Å². The first-order valence-corrected chi connectivity index (χ1v) is 19.0. The van der Waals surface area contributed by atoms with Gasteiger partial charge in [0.2, 0.25) is 21.8 Å². The first-order chi connectivity index (χ1) is 23.9. The van der Waals surface area contributed by atoms with E-state index in [0.717, 1.165) is 23.3 Å². The first-order valence-electron chi connectivity index (χ1n) is 17.1. The minimum atomic E-state index is -3.90. The summed E-state index contributed by atoms with van der Waals surface area (Å²) in [5, 5.41) is 5.64. The fraction of sp³-hybridized carbons (Fsp3) is 0.543. The molecule has 16 heteroatoms. The average Bonchev–Trinajstić information content (AvgIpc) is 3.95. The molecule has 6 rings (SSSR count). The van der Waals surface area contributed by atoms with E-state index in [-0.39, 0.29) is 44.1 Å². The zero-order valence-corrected chi connectivity index (χ0v) is 30.4. The number of benzene rings is 2. The quantitative estimate of drug-likeness (QED) is 0.322. The second kappa shape index (κ2) is 13.5. The fourth-order valence-corrected chi connectivity index (χ4v) is 8.58. The summed E-state index contributed by atoms with van der Waals surface area (Å²) in [6.07, 6.45) is -0.117. The average molecular weight is 750 g/mol. The lowest BCUT2D eigenvalue weighted by Gasteiger charge is -2.36. The lowest BCUT2D eigenvalue weighted by molar-refractivity contribution is -0.141. The number of halogens is 3. The Labute approximate surface area is 300 Å². The summed E-state index contributed by atoms with van der Waals surface area (Å²) in [6.45, 7) is 7.41. The van der Waals surface area contributed by atoms with Crippen molar-refractivity contribution in [3.05, 3.63) is 64.2 Å². The smallest absolute Gasteiger partial charge is 0.410 e. The molecule has 0 unspecified atom stereocenters. The summed E-state index contributed by atoms with van der Waals surface area (Å²) in [7, 11) is -3.90. The van der Waals surface area contributed by atoms with Crippen LogP contribution < -0.4 is 15.4 Å². The van der Waals surface area contributed by atoms with E-state index in [2.05, 4.69) is 15.4 Å². The van der Waals surface area contributed by atoms with E-state index in [4.69, 9.17) is 16.3 Å². The van der Waals surface area contributed by atoms with E-state index >= 15 is 0 Å². The van der Waals surface area contributed by atoms with Crippen LogP contribution in [0.2, 0.25) is 5.02 Å². The van der Waals surface area contributed by atoms with Crippen LogP contribution in [-0.2, 0) is 42.2 Å². The van der Waals surface area contributed by atoms with Crippen molar-refractivity contribution in [3.63, 3.8) is 0 Å². The number of anilines is 1. The summed E-state index contributed by atoms with van der Waals surface area (Å²) in [5.74, 6) is -4.62. The van der Waals surface area contributed by atoms with E-state index in [1.54, 1.807) is 32.9 Å². The molecule has 3 N–H and O–H groups in total. The number of nitrogens with zero attached hydrogens (tertiary/aromatic N) is 2. The predicted molar refractivity (Wildman–Crippen MR) is 184 cm³/mol. The normalized spacial score (nSPS) is 24.8. The maximum absolute atomic E-state index is 14.4. The van der Waals surface area contributed by atoms with Gasteiger partial charge in [-0.05, 0) is 59.9 Å². The minimum Gasteiger partial charge on any atom is -0.444 e. The summed E-state index contributed by atoms with van der Waals surface area (Å²) in [6, 6.07) is 6.25. The van der Waals surface area contributed by atoms with Crippen molar-refractivity contribution < 1.29 is 41.1 Å². The third-order valence-corrected chi connectivity index (χ3v) is 12.4. The van der Waals surface area contributed by atoms with Gasteiger partial charge < -0.3 is 20.3 Å². The Hall–Kier alpha value is -3.98. The molecule has 2 heterocycles. The molecular weight excluding hydrogens is 708 g/mol. The van der Waals surface area contributed by atoms with Crippen molar-refractivity contribution in [1.29, 1.82) is 0 Å². The molecule has 12 nitrogen and oxygen atoms in total. The lowest BCUT2D eigenvalue weighted by atomic mass is 9.85. The van der Waals surface area contributed by atoms with Crippen LogP contribution in [0.25, 0.3) is 0 Å². The number of carbonyl (C=O) groups is 4. The Kier molecular flexibility index (Phi) is 9.76. The third-order valence-electron chi connectivity index (χ3n) is 10.2. The van der Waals surface area contributed by atoms with Gasteiger partial charge in [-0.2, -0.15) is 0 Å². The molecule has 5 atom stereocenters. The highest BCUT2D eigenvalue weighted by Gasteiger charge is 2.62. The zero-order chi connectivity index (χ0) is 37.0. The van der Waals surface area contributed by atoms with Crippen LogP contribution in [0.5, 0.6) is 0 Å². The van der Waals surface area contributed by atoms with Crippen molar-refractivity contribution in [2.24, 2.45) is 11.3 Å². The van der Waals surface area contributed by atoms with Crippen LogP contribution in [0.1, 0.15) is 70.9 Å². The maximum atomic E-state index is 14.4. The Balaban J connectivity index is 1.25. The van der Waals surface area contributed by atoms with Crippen LogP contribution >= 0.6 is 11.6 Å². The van der Waals surface area contributed by atoms with Gasteiger partial charge in [0.1, 0.15) is 23.7 Å². The predicted octanol–water partition coefficient (Wildman–Crippen LogP) is 4.46. The van der Waals surface area contributed by atoms with E-state index in [1.807, 2.05) is 13.0 Å². The molecule has 4 aliphatic rings. The first kappa shape index (κ1) is 36.8. The highest BCUT2D eigenvalue weighted by atomic mass is 35.5. The van der Waals surface area contributed by atoms with Crippen molar-refractivity contribution >= 4 is 51.1 Å². The molecule has 276 valence electrons. The molecule has 0 aromatic heterocycles. The second-order valence-corrected chi connectivity index (χ2v) is 17.4. The standard InChI is InChI=1S/C35H42ClF2N5O7S/c1-5-20-15-35(20,32(46)41-51(48,49)23-10-11-23)40-30(44)28-14-22(50-33(47)42-16-19-7-6-8-25(36)24(19)18-42)17-43(28)31(45)29(34(2,3)4)39-21-9-12-26(37)27(38)13-21/h6-9,12-13,20,22-23,28-29,39H,5,10-11,14-18H2,1-4H3,(H,40,44)(H,41,46)/t20-,22-,28+,29-,35-/m1/s1. The molecule has 2 aromatic rings. The largest absolute Gasteiger partial charge is 0.444 e. The van der Waals surface area contributed by atoms with Crippen LogP contribution in [0.4, 0.5) is 19.3 Å². The molecule has 2 aliphatic carbocycles. The number of sulfonamides is 1. The zero-order valence-electron chi connectivity index (χ0n) is 28.8. The fourth-order valence-electron chi connectivity index (χ4n) is 6.96. The van der Waals surface area contributed by atoms with E-state index < -0.39 is 79.9 Å². The molecule has 0 spiro atoms. The summed E-state index contributed by atoms with van der Waals surface area (Å²) >= 11 is 6.34. The molecule has 51 heavy (non-hydrogen) atoms. The van der Waals surface area contributed by atoms with Crippen molar-refractivity contribution in [2.75, 3.05) is 11.9 Å². The molecule has 3 fully saturated rings. The van der Waals surface area contributed by atoms with Gasteiger partial charge >= 0.3 is 6.09 Å². The van der Waals surface area contributed by atoms with Gasteiger partial charge in [-0.25, -0.2) is 22.0 Å². The Morgan fingerprint density at radius 3 is 2.41 bits per heavy atom. The number of likely N-dealkylation sites (tertiary alicyclic amines) is 1. The topological polar surface area (TPSA) is 154 Å². The lowest BCUT2D eigenvalue weighted by Crippen LogP contribution is -2.58. The second-order valence-electron chi connectivity index (χ2n) is 15.0. The van der Waals surface area contributed by atoms with Crippen molar-refractivity contribution in [3.8, 4) is 0 Å². The maximum Gasteiger partial charge on any atom is 0.410 e. The summed E-state index contributed by atoms with van der Waals surface area (Å²) < 4.78 is 61.2. The molecule has 0 radical (unpaired) electrons. The summed E-state index contributed by atoms with van der Waals surface area (Å²) in [5.41, 5.74) is -0.506. The van der Waals surface area contributed by atoms with Gasteiger partial charge in [-0.15, -0.1) is 0 Å². The third kappa shape index (κ3) is 7.50. The molecular formula is C35H42ClF2N5O7S. The van der Waals surface area contributed by atoms with Crippen LogP contribution in [0, 0.1) is 23.0 Å². The SMILES string of the molecule is CC[C@@H]1C[C@]1(NC(=O)[C@@H]1C[C@@H](OC(=O)N2Cc3cccc(Cl)c3C2)CN1C(=O)[C@@H](Nc1ccc(F)c(F)c1)C(C)(C)C)C(=O)NS(=O)(=O)C1CC1. The van der Waals surface area contributed by atoms with Crippen LogP contribution in [0.15, 0.2) is 36.4 Å². The molecule has 0 bridgehead atoms. The number of nitrogens with one attached hydrogen (secondary N) is 3. The summed E-state index contributed by atoms with van der Waals surface area (Å²) in [4.78, 5) is 58.2. The molecule has 2 aliphatic heterocycles. The number of ether oxygens (including phenoxy) is 1. The Morgan fingerprint density at radius 2 is 1.80 bits per heavy atom. The van der Waals surface area contributed by atoms with Gasteiger partial charge in [-0.1, -0.05) is 57.8 Å². The Bertz CT molecular complexity index is 1870. The number of amides is 4. The van der Waals surface area contributed by atoms with E-state index in [0.29, 0.717) is 24.3 Å². The minimum absolute atomic E-state index is 0.109. The van der Waals surface area contributed by atoms with Crippen LogP contribution in [0.3, 0.4) is 0 Å². The van der Waals surface area contributed by atoms with Gasteiger partial charge in [-0.3, -0.25) is 24.0 Å². The number of carbonyl (C=O) groups excluding carboxylic acids is 4. The molecule has 2 aromatic carbocycles. The highest BCUT2D eigenvalue weighted by molar-refractivity contribution is 7.91. The van der Waals surface area contributed by atoms with Gasteiger partial charge in [0.15, 0.2) is 11.6 Å². The molecule has 1 saturated heterocycles. The number of hydrogen-bond acceptors (Lipinski definition) is 8. The molecule has 4 amide bonds.